The van der Waals surface area contributed by atoms with E-state index in [1.807, 2.05) is 12.2 Å². The fraction of sp³-hybridized carbons (Fsp3) is 0.542. The second-order valence-corrected chi connectivity index (χ2v) is 14.9. The topological polar surface area (TPSA) is 120 Å². The van der Waals surface area contributed by atoms with Crippen molar-refractivity contribution < 1.29 is 37.6 Å². The molecule has 0 aromatic carbocycles. The summed E-state index contributed by atoms with van der Waals surface area (Å²) in [6.07, 6.45) is 56.9. The molecule has 2 N–H and O–H groups in total. The Balaban J connectivity index is 4.43. The predicted molar refractivity (Wildman–Crippen MR) is 242 cm³/mol. The number of hydrogen-bond donors (Lipinski definition) is 2. The fourth-order valence-corrected chi connectivity index (χ4v) is 5.67. The Kier molecular flexibility index (Phi) is 40.3. The summed E-state index contributed by atoms with van der Waals surface area (Å²) in [7, 11) is -2.70. The van der Waals surface area contributed by atoms with Crippen LogP contribution in [0.4, 0.5) is 0 Å². The summed E-state index contributed by atoms with van der Waals surface area (Å²) in [6, 6.07) is 0. The Morgan fingerprint density at radius 1 is 0.534 bits per heavy atom. The number of ether oxygens (including phenoxy) is 2. The SMILES string of the molecule is CC/C=C\C/C=C\C/C=C\C/C=C\C/C=C\C/C=C\CCC(=O)OCC(COP(=O)(O)OCCNC)OC(=O)CCCCCC/C=C\C/C=C\C/C=C\C/C=C\CC. The first kappa shape index (κ1) is 54.4. The lowest BCUT2D eigenvalue weighted by Crippen LogP contribution is -2.29. The fourth-order valence-electron chi connectivity index (χ4n) is 4.92. The summed E-state index contributed by atoms with van der Waals surface area (Å²) in [6.45, 7) is 3.84. The van der Waals surface area contributed by atoms with Gasteiger partial charge in [0.25, 0.3) is 0 Å². The molecular weight excluding hydrogens is 750 g/mol. The van der Waals surface area contributed by atoms with Crippen LogP contribution in [0.25, 0.3) is 0 Å². The van der Waals surface area contributed by atoms with Crippen LogP contribution in [0.2, 0.25) is 0 Å². The molecule has 0 saturated heterocycles. The molecule has 0 spiro atoms. The third-order valence-corrected chi connectivity index (χ3v) is 9.07. The van der Waals surface area contributed by atoms with Gasteiger partial charge in [0.15, 0.2) is 6.10 Å². The van der Waals surface area contributed by atoms with Gasteiger partial charge >= 0.3 is 19.8 Å². The summed E-state index contributed by atoms with van der Waals surface area (Å²) in [5.41, 5.74) is 0. The van der Waals surface area contributed by atoms with Crippen molar-refractivity contribution in [1.29, 1.82) is 0 Å². The number of hydrogen-bond acceptors (Lipinski definition) is 8. The van der Waals surface area contributed by atoms with Crippen LogP contribution < -0.4 is 5.32 Å². The molecule has 0 aromatic heterocycles. The molecule has 2 atom stereocenters. The van der Waals surface area contributed by atoms with Crippen molar-refractivity contribution in [1.82, 2.24) is 5.32 Å². The Labute approximate surface area is 352 Å². The van der Waals surface area contributed by atoms with Gasteiger partial charge in [-0.2, -0.15) is 0 Å². The number of allylic oxidation sites excluding steroid dienone is 20. The minimum Gasteiger partial charge on any atom is -0.462 e. The van der Waals surface area contributed by atoms with Gasteiger partial charge in [0.05, 0.1) is 13.2 Å². The van der Waals surface area contributed by atoms with Gasteiger partial charge < -0.3 is 19.7 Å². The summed E-state index contributed by atoms with van der Waals surface area (Å²) < 4.78 is 33.1. The number of likely N-dealkylation sites (N-methyl/N-ethyl adjacent to an activating group) is 1. The van der Waals surface area contributed by atoms with E-state index in [0.717, 1.165) is 89.9 Å². The Bertz CT molecular complexity index is 1350. The molecule has 9 nitrogen and oxygen atoms in total. The van der Waals surface area contributed by atoms with Gasteiger partial charge in [-0.15, -0.1) is 0 Å². The van der Waals surface area contributed by atoms with Gasteiger partial charge in [-0.25, -0.2) is 4.57 Å². The summed E-state index contributed by atoms with van der Waals surface area (Å²) in [4.78, 5) is 35.0. The third kappa shape index (κ3) is 42.0. The predicted octanol–water partition coefficient (Wildman–Crippen LogP) is 12.4. The van der Waals surface area contributed by atoms with Gasteiger partial charge in [-0.3, -0.25) is 18.6 Å². The Morgan fingerprint density at radius 3 is 1.43 bits per heavy atom. The van der Waals surface area contributed by atoms with Crippen LogP contribution in [0.1, 0.15) is 129 Å². The molecule has 2 unspecified atom stereocenters. The largest absolute Gasteiger partial charge is 0.472 e. The van der Waals surface area contributed by atoms with E-state index in [9.17, 15) is 19.0 Å². The Morgan fingerprint density at radius 2 is 0.966 bits per heavy atom. The molecule has 0 aliphatic rings. The lowest BCUT2D eigenvalue weighted by Gasteiger charge is -2.20. The number of carbonyl (C=O) groups excluding carboxylic acids is 2. The Hall–Kier alpha value is -3.59. The second kappa shape index (κ2) is 43.0. The maximum Gasteiger partial charge on any atom is 0.472 e. The van der Waals surface area contributed by atoms with E-state index < -0.39 is 32.5 Å². The molecule has 326 valence electrons. The minimum atomic E-state index is -4.38. The molecule has 0 aliphatic heterocycles. The van der Waals surface area contributed by atoms with Crippen molar-refractivity contribution in [3.05, 3.63) is 122 Å². The van der Waals surface area contributed by atoms with Crippen LogP contribution in [-0.2, 0) is 32.7 Å². The molecule has 0 fully saturated rings. The van der Waals surface area contributed by atoms with Gasteiger partial charge in [0, 0.05) is 19.4 Å². The standard InChI is InChI=1S/C48H76NO8P/c1-4-6-8-10-12-14-16-18-20-22-23-25-26-28-30-32-34-36-38-40-47(50)54-44-46(45-56-58(52,53)55-43-42-49-3)57-48(51)41-39-37-35-33-31-29-27-24-21-19-17-15-13-11-9-7-5-2/h6-9,12-15,18-21,23,25,27-30,34,36,46,49H,4-5,10-11,16-17,22,24,26,31-33,35,37-45H2,1-3H3,(H,52,53)/b8-6-,9-7-,14-12-,15-13-,20-18-,21-19-,25-23-,29-27-,30-28-,36-34-. The van der Waals surface area contributed by atoms with E-state index in [1.165, 1.54) is 0 Å². The number of phosphoric ester groups is 1. The number of rotatable bonds is 38. The number of esters is 2. The first-order valence-electron chi connectivity index (χ1n) is 21.5. The molecule has 0 aromatic rings. The van der Waals surface area contributed by atoms with E-state index in [1.54, 1.807) is 7.05 Å². The first-order valence-corrected chi connectivity index (χ1v) is 23.0. The van der Waals surface area contributed by atoms with Gasteiger partial charge in [0.1, 0.15) is 6.61 Å². The smallest absolute Gasteiger partial charge is 0.462 e. The quantitative estimate of drug-likeness (QED) is 0.0271. The van der Waals surface area contributed by atoms with E-state index in [4.69, 9.17) is 18.5 Å². The average Bonchev–Trinajstić information content (AvgIpc) is 3.21. The molecule has 0 heterocycles. The van der Waals surface area contributed by atoms with Crippen LogP contribution in [0.3, 0.4) is 0 Å². The van der Waals surface area contributed by atoms with Crippen molar-refractivity contribution in [3.63, 3.8) is 0 Å². The van der Waals surface area contributed by atoms with E-state index in [-0.39, 0.29) is 26.1 Å². The third-order valence-electron chi connectivity index (χ3n) is 8.09. The highest BCUT2D eigenvalue weighted by Gasteiger charge is 2.26. The van der Waals surface area contributed by atoms with E-state index >= 15 is 0 Å². The molecule has 10 heteroatoms. The molecular formula is C48H76NO8P. The van der Waals surface area contributed by atoms with Crippen molar-refractivity contribution >= 4 is 19.8 Å². The molecule has 0 saturated carbocycles. The van der Waals surface area contributed by atoms with Crippen molar-refractivity contribution in [3.8, 4) is 0 Å². The highest BCUT2D eigenvalue weighted by molar-refractivity contribution is 7.47. The zero-order chi connectivity index (χ0) is 42.5. The second-order valence-electron chi connectivity index (χ2n) is 13.4. The average molecular weight is 826 g/mol. The zero-order valence-corrected chi connectivity index (χ0v) is 36.8. The summed E-state index contributed by atoms with van der Waals surface area (Å²) in [5.74, 6) is -0.947. The number of phosphoric acid groups is 1. The van der Waals surface area contributed by atoms with E-state index in [0.29, 0.717) is 19.4 Å². The zero-order valence-electron chi connectivity index (χ0n) is 35.9. The molecule has 58 heavy (non-hydrogen) atoms. The molecule has 0 radical (unpaired) electrons. The molecule has 0 bridgehead atoms. The number of carbonyl (C=O) groups is 2. The van der Waals surface area contributed by atoms with Gasteiger partial charge in [0.2, 0.25) is 0 Å². The summed E-state index contributed by atoms with van der Waals surface area (Å²) in [5, 5.41) is 2.81. The van der Waals surface area contributed by atoms with Gasteiger partial charge in [-0.05, 0) is 96.9 Å². The highest BCUT2D eigenvalue weighted by Crippen LogP contribution is 2.43. The first-order chi connectivity index (χ1) is 28.3. The minimum absolute atomic E-state index is 0.0411. The van der Waals surface area contributed by atoms with Crippen molar-refractivity contribution in [2.75, 3.05) is 33.4 Å². The number of unbranched alkanes of at least 4 members (excludes halogenated alkanes) is 4. The molecule has 0 aliphatic carbocycles. The maximum atomic E-state index is 12.6. The lowest BCUT2D eigenvalue weighted by atomic mass is 10.1. The number of nitrogens with one attached hydrogen (secondary N) is 1. The van der Waals surface area contributed by atoms with Crippen LogP contribution in [-0.4, -0.2) is 56.3 Å². The maximum absolute atomic E-state index is 12.6. The highest BCUT2D eigenvalue weighted by atomic mass is 31.2. The van der Waals surface area contributed by atoms with Crippen LogP contribution in [0.15, 0.2) is 122 Å². The summed E-state index contributed by atoms with van der Waals surface area (Å²) >= 11 is 0. The van der Waals surface area contributed by atoms with E-state index in [2.05, 4.69) is 129 Å². The monoisotopic (exact) mass is 826 g/mol. The van der Waals surface area contributed by atoms with Crippen molar-refractivity contribution in [2.24, 2.45) is 0 Å². The lowest BCUT2D eigenvalue weighted by molar-refractivity contribution is -0.161. The normalized spacial score (nSPS) is 14.5. The van der Waals surface area contributed by atoms with Crippen LogP contribution >= 0.6 is 7.82 Å². The van der Waals surface area contributed by atoms with Crippen molar-refractivity contribution in [2.45, 2.75) is 136 Å². The van der Waals surface area contributed by atoms with Gasteiger partial charge in [-0.1, -0.05) is 148 Å². The van der Waals surface area contributed by atoms with Crippen LogP contribution in [0, 0.1) is 0 Å². The molecule has 0 rings (SSSR count). The van der Waals surface area contributed by atoms with Crippen LogP contribution in [0.5, 0.6) is 0 Å². The molecule has 0 amide bonds.